The molecule has 0 aliphatic carbocycles. The lowest BCUT2D eigenvalue weighted by molar-refractivity contribution is -0.274. The molecular weight excluding hydrogens is 422 g/mol. The maximum atomic E-state index is 12.2. The zero-order valence-electron chi connectivity index (χ0n) is 11.3. The molecule has 23 heavy (non-hydrogen) atoms. The quantitative estimate of drug-likeness (QED) is 0.568. The Hall–Kier alpha value is -2.28. The molecular formula is C15H7F3IN3O. The van der Waals surface area contributed by atoms with Crippen LogP contribution < -0.4 is 4.74 Å². The molecule has 0 aliphatic heterocycles. The van der Waals surface area contributed by atoms with Gasteiger partial charge in [0.2, 0.25) is 0 Å². The fraction of sp³-hybridized carbons (Fsp3) is 0.0667. The maximum absolute atomic E-state index is 12.2. The summed E-state index contributed by atoms with van der Waals surface area (Å²) in [6.45, 7) is 0. The van der Waals surface area contributed by atoms with Crippen LogP contribution in [0.3, 0.4) is 0 Å². The first kappa shape index (κ1) is 15.6. The zero-order valence-corrected chi connectivity index (χ0v) is 13.5. The maximum Gasteiger partial charge on any atom is 0.573 e. The Morgan fingerprint density at radius 3 is 2.43 bits per heavy atom. The minimum absolute atomic E-state index is 0.292. The van der Waals surface area contributed by atoms with E-state index in [2.05, 4.69) is 15.9 Å². The summed E-state index contributed by atoms with van der Waals surface area (Å²) >= 11 is 2.05. The number of benzene rings is 2. The van der Waals surface area contributed by atoms with Gasteiger partial charge < -0.3 is 4.74 Å². The average Bonchev–Trinajstić information content (AvgIpc) is 2.83. The highest BCUT2D eigenvalue weighted by atomic mass is 127. The van der Waals surface area contributed by atoms with Gasteiger partial charge in [-0.05, 0) is 65.1 Å². The average molecular weight is 429 g/mol. The summed E-state index contributed by atoms with van der Waals surface area (Å²) in [6, 6.07) is 12.6. The third-order valence-corrected chi connectivity index (χ3v) is 3.88. The molecule has 0 N–H and O–H groups in total. The summed E-state index contributed by atoms with van der Waals surface area (Å²) in [5.74, 6) is -0.292. The SMILES string of the molecule is N#Cc1ccc2c(c1)c(I)nn2-c1ccc(OC(F)(F)F)cc1. The predicted octanol–water partition coefficient (Wildman–Crippen LogP) is 4.40. The molecule has 3 rings (SSSR count). The van der Waals surface area contributed by atoms with Crippen LogP contribution in [0, 0.1) is 15.0 Å². The summed E-state index contributed by atoms with van der Waals surface area (Å²) in [4.78, 5) is 0. The Morgan fingerprint density at radius 2 is 1.83 bits per heavy atom. The van der Waals surface area contributed by atoms with Crippen molar-refractivity contribution in [1.29, 1.82) is 5.26 Å². The lowest BCUT2D eigenvalue weighted by Crippen LogP contribution is -2.17. The molecule has 0 bridgehead atoms. The minimum Gasteiger partial charge on any atom is -0.406 e. The minimum atomic E-state index is -4.72. The van der Waals surface area contributed by atoms with E-state index < -0.39 is 6.36 Å². The van der Waals surface area contributed by atoms with Gasteiger partial charge in [-0.2, -0.15) is 10.4 Å². The van der Waals surface area contributed by atoms with Crippen LogP contribution in [0.4, 0.5) is 13.2 Å². The van der Waals surface area contributed by atoms with Gasteiger partial charge in [0, 0.05) is 5.39 Å². The van der Waals surface area contributed by atoms with Crippen molar-refractivity contribution in [3.63, 3.8) is 0 Å². The number of ether oxygens (including phenoxy) is 1. The van der Waals surface area contributed by atoms with Gasteiger partial charge in [0.05, 0.1) is 22.8 Å². The number of hydrogen-bond donors (Lipinski definition) is 0. The van der Waals surface area contributed by atoms with Crippen LogP contribution in [-0.4, -0.2) is 16.1 Å². The van der Waals surface area contributed by atoms with Crippen LogP contribution in [-0.2, 0) is 0 Å². The standard InChI is InChI=1S/C15H7F3IN3O/c16-15(17,18)23-11-4-2-10(3-5-11)22-13-6-1-9(8-20)7-12(13)14(19)21-22/h1-7H. The molecule has 1 heterocycles. The van der Waals surface area contributed by atoms with Gasteiger partial charge in [0.25, 0.3) is 0 Å². The predicted molar refractivity (Wildman–Crippen MR) is 85.2 cm³/mol. The third kappa shape index (κ3) is 3.24. The molecule has 1 aromatic heterocycles. The first-order valence-electron chi connectivity index (χ1n) is 6.32. The number of alkyl halides is 3. The molecule has 8 heteroatoms. The van der Waals surface area contributed by atoms with Gasteiger partial charge in [-0.15, -0.1) is 13.2 Å². The van der Waals surface area contributed by atoms with Crippen LogP contribution >= 0.6 is 22.6 Å². The summed E-state index contributed by atoms with van der Waals surface area (Å²) in [5.41, 5.74) is 1.87. The van der Waals surface area contributed by atoms with Crippen molar-refractivity contribution < 1.29 is 17.9 Å². The Bertz CT molecular complexity index is 911. The number of rotatable bonds is 2. The molecule has 0 fully saturated rings. The second-order valence-corrected chi connectivity index (χ2v) is 5.61. The van der Waals surface area contributed by atoms with Gasteiger partial charge in [0.15, 0.2) is 0 Å². The Labute approximate surface area is 142 Å². The zero-order chi connectivity index (χ0) is 16.6. The van der Waals surface area contributed by atoms with Crippen molar-refractivity contribution in [2.75, 3.05) is 0 Å². The largest absolute Gasteiger partial charge is 0.573 e. The van der Waals surface area contributed by atoms with Gasteiger partial charge in [-0.1, -0.05) is 0 Å². The van der Waals surface area contributed by atoms with Crippen LogP contribution in [0.25, 0.3) is 16.6 Å². The molecule has 4 nitrogen and oxygen atoms in total. The van der Waals surface area contributed by atoms with E-state index >= 15 is 0 Å². The normalized spacial score (nSPS) is 11.4. The third-order valence-electron chi connectivity index (χ3n) is 3.08. The number of fused-ring (bicyclic) bond motifs is 1. The summed E-state index contributed by atoms with van der Waals surface area (Å²) in [5, 5.41) is 14.1. The fourth-order valence-electron chi connectivity index (χ4n) is 2.14. The number of nitriles is 1. The molecule has 0 atom stereocenters. The van der Waals surface area contributed by atoms with E-state index in [-0.39, 0.29) is 5.75 Å². The molecule has 0 aliphatic rings. The van der Waals surface area contributed by atoms with Crippen molar-refractivity contribution in [2.45, 2.75) is 6.36 Å². The van der Waals surface area contributed by atoms with E-state index in [1.54, 1.807) is 22.9 Å². The van der Waals surface area contributed by atoms with Crippen LogP contribution in [0.2, 0.25) is 0 Å². The van der Waals surface area contributed by atoms with Gasteiger partial charge >= 0.3 is 6.36 Å². The summed E-state index contributed by atoms with van der Waals surface area (Å²) in [7, 11) is 0. The first-order valence-corrected chi connectivity index (χ1v) is 7.40. The van der Waals surface area contributed by atoms with Gasteiger partial charge in [-0.3, -0.25) is 0 Å². The van der Waals surface area contributed by atoms with Crippen molar-refractivity contribution in [1.82, 2.24) is 9.78 Å². The lowest BCUT2D eigenvalue weighted by Gasteiger charge is -2.09. The van der Waals surface area contributed by atoms with E-state index in [1.807, 2.05) is 22.6 Å². The number of aromatic nitrogens is 2. The van der Waals surface area contributed by atoms with E-state index in [1.165, 1.54) is 24.3 Å². The van der Waals surface area contributed by atoms with Crippen LogP contribution in [0.1, 0.15) is 5.56 Å². The van der Waals surface area contributed by atoms with E-state index in [9.17, 15) is 13.2 Å². The van der Waals surface area contributed by atoms with E-state index in [4.69, 9.17) is 5.26 Å². The van der Waals surface area contributed by atoms with Crippen molar-refractivity contribution >= 4 is 33.5 Å². The van der Waals surface area contributed by atoms with E-state index in [0.29, 0.717) is 15.0 Å². The Morgan fingerprint density at radius 1 is 1.13 bits per heavy atom. The highest BCUT2D eigenvalue weighted by Gasteiger charge is 2.31. The molecule has 3 aromatic rings. The number of halogens is 4. The Kier molecular flexibility index (Phi) is 3.89. The summed E-state index contributed by atoms with van der Waals surface area (Å²) in [6.07, 6.45) is -4.72. The topological polar surface area (TPSA) is 50.8 Å². The van der Waals surface area contributed by atoms with Crippen LogP contribution in [0.15, 0.2) is 42.5 Å². The van der Waals surface area contributed by atoms with Crippen molar-refractivity contribution in [3.05, 3.63) is 51.7 Å². The fourth-order valence-corrected chi connectivity index (χ4v) is 2.78. The second-order valence-electron chi connectivity index (χ2n) is 4.59. The Balaban J connectivity index is 2.02. The molecule has 116 valence electrons. The molecule has 0 unspecified atom stereocenters. The smallest absolute Gasteiger partial charge is 0.406 e. The molecule has 0 saturated carbocycles. The monoisotopic (exact) mass is 429 g/mol. The number of hydrogen-bond acceptors (Lipinski definition) is 3. The van der Waals surface area contributed by atoms with Crippen LogP contribution in [0.5, 0.6) is 5.75 Å². The molecule has 0 amide bonds. The van der Waals surface area contributed by atoms with Crippen molar-refractivity contribution in [2.24, 2.45) is 0 Å². The molecule has 0 radical (unpaired) electrons. The first-order chi connectivity index (χ1) is 10.9. The van der Waals surface area contributed by atoms with E-state index in [0.717, 1.165) is 10.9 Å². The lowest BCUT2D eigenvalue weighted by atomic mass is 10.2. The number of nitrogens with zero attached hydrogens (tertiary/aromatic N) is 3. The van der Waals surface area contributed by atoms with Crippen molar-refractivity contribution in [3.8, 4) is 17.5 Å². The highest BCUT2D eigenvalue weighted by Crippen LogP contribution is 2.27. The molecule has 0 spiro atoms. The second kappa shape index (κ2) is 5.73. The molecule has 0 saturated heterocycles. The summed E-state index contributed by atoms with van der Waals surface area (Å²) < 4.78 is 42.7. The molecule has 2 aromatic carbocycles. The highest BCUT2D eigenvalue weighted by molar-refractivity contribution is 14.1. The van der Waals surface area contributed by atoms with Gasteiger partial charge in [-0.25, -0.2) is 4.68 Å². The van der Waals surface area contributed by atoms with Gasteiger partial charge in [0.1, 0.15) is 9.45 Å².